The lowest BCUT2D eigenvalue weighted by Gasteiger charge is -2.42. The lowest BCUT2D eigenvalue weighted by Crippen LogP contribution is -2.47. The second kappa shape index (κ2) is 7.31. The van der Waals surface area contributed by atoms with E-state index in [4.69, 9.17) is 23.2 Å². The zero-order valence-corrected chi connectivity index (χ0v) is 16.9. The molecule has 1 N–H and O–H groups in total. The van der Waals surface area contributed by atoms with Crippen LogP contribution in [0.2, 0.25) is 10.3 Å². The minimum atomic E-state index is 0.0725. The standard InChI is InChI=1S/C20H18Cl2N6O/c21-14-4-6-15(7-5-14)23-19-24-18(22)25-20(26-19)27-9-12-8-13(11-27)16-2-1-3-17(29)28(16)10-12/h1-7,12-13H,8-11H2,(H,23,24,25,26). The molecule has 1 fully saturated rings. The highest BCUT2D eigenvalue weighted by Gasteiger charge is 2.35. The van der Waals surface area contributed by atoms with Crippen LogP contribution in [0.25, 0.3) is 0 Å². The number of benzene rings is 1. The van der Waals surface area contributed by atoms with Crippen LogP contribution in [0.4, 0.5) is 17.6 Å². The van der Waals surface area contributed by atoms with Crippen molar-refractivity contribution < 1.29 is 0 Å². The first-order valence-corrected chi connectivity index (χ1v) is 10.2. The highest BCUT2D eigenvalue weighted by Crippen LogP contribution is 2.36. The van der Waals surface area contributed by atoms with E-state index in [0.717, 1.165) is 37.4 Å². The average Bonchev–Trinajstić information content (AvgIpc) is 2.70. The molecule has 2 unspecified atom stereocenters. The van der Waals surface area contributed by atoms with Gasteiger partial charge in [-0.2, -0.15) is 15.0 Å². The van der Waals surface area contributed by atoms with Crippen LogP contribution in [0.3, 0.4) is 0 Å². The van der Waals surface area contributed by atoms with Gasteiger partial charge < -0.3 is 14.8 Å². The first-order chi connectivity index (χ1) is 14.0. The lowest BCUT2D eigenvalue weighted by molar-refractivity contribution is 0.279. The third-order valence-corrected chi connectivity index (χ3v) is 5.88. The van der Waals surface area contributed by atoms with Gasteiger partial charge in [-0.15, -0.1) is 0 Å². The van der Waals surface area contributed by atoms with Crippen molar-refractivity contribution in [3.63, 3.8) is 0 Å². The summed E-state index contributed by atoms with van der Waals surface area (Å²) in [4.78, 5) is 27.5. The SMILES string of the molecule is O=c1cccc2n1CC1CC2CN(c2nc(Cl)nc(Nc3ccc(Cl)cc3)n2)C1. The summed E-state index contributed by atoms with van der Waals surface area (Å²) >= 11 is 12.1. The molecule has 5 rings (SSSR count). The maximum Gasteiger partial charge on any atom is 0.250 e. The smallest absolute Gasteiger partial charge is 0.250 e. The fourth-order valence-electron chi connectivity index (χ4n) is 4.26. The summed E-state index contributed by atoms with van der Waals surface area (Å²) in [6, 6.07) is 12.8. The summed E-state index contributed by atoms with van der Waals surface area (Å²) < 4.78 is 1.91. The maximum absolute atomic E-state index is 12.2. The van der Waals surface area contributed by atoms with E-state index < -0.39 is 0 Å². The van der Waals surface area contributed by atoms with Gasteiger partial charge in [-0.05, 0) is 54.3 Å². The fraction of sp³-hybridized carbons (Fsp3) is 0.300. The van der Waals surface area contributed by atoms with Crippen molar-refractivity contribution >= 4 is 40.8 Å². The van der Waals surface area contributed by atoms with Gasteiger partial charge >= 0.3 is 0 Å². The lowest BCUT2D eigenvalue weighted by atomic mass is 9.83. The van der Waals surface area contributed by atoms with E-state index in [2.05, 4.69) is 25.2 Å². The first kappa shape index (κ1) is 18.4. The van der Waals surface area contributed by atoms with Crippen molar-refractivity contribution in [3.05, 3.63) is 68.8 Å². The highest BCUT2D eigenvalue weighted by atomic mass is 35.5. The third kappa shape index (κ3) is 3.68. The highest BCUT2D eigenvalue weighted by molar-refractivity contribution is 6.30. The normalized spacial score (nSPS) is 20.3. The Balaban J connectivity index is 1.42. The summed E-state index contributed by atoms with van der Waals surface area (Å²) in [5, 5.41) is 3.94. The Labute approximate surface area is 177 Å². The molecule has 2 bridgehead atoms. The number of nitrogens with one attached hydrogen (secondary N) is 1. The summed E-state index contributed by atoms with van der Waals surface area (Å²) in [5.74, 6) is 1.56. The minimum absolute atomic E-state index is 0.0725. The Bertz CT molecular complexity index is 1120. The van der Waals surface area contributed by atoms with Crippen LogP contribution >= 0.6 is 23.2 Å². The van der Waals surface area contributed by atoms with E-state index in [1.54, 1.807) is 18.2 Å². The molecule has 0 amide bonds. The molecule has 1 aromatic carbocycles. The summed E-state index contributed by atoms with van der Waals surface area (Å²) in [7, 11) is 0. The fourth-order valence-corrected chi connectivity index (χ4v) is 4.54. The van der Waals surface area contributed by atoms with E-state index in [1.807, 2.05) is 28.8 Å². The number of fused-ring (bicyclic) bond motifs is 4. The number of pyridine rings is 1. The number of aromatic nitrogens is 4. The summed E-state index contributed by atoms with van der Waals surface area (Å²) in [5.41, 5.74) is 1.97. The van der Waals surface area contributed by atoms with Crippen LogP contribution in [0.15, 0.2) is 47.3 Å². The molecule has 7 nitrogen and oxygen atoms in total. The van der Waals surface area contributed by atoms with Gasteiger partial charge in [-0.1, -0.05) is 17.7 Å². The van der Waals surface area contributed by atoms with Crippen molar-refractivity contribution in [1.82, 2.24) is 19.5 Å². The number of hydrogen-bond acceptors (Lipinski definition) is 6. The number of piperidine rings is 1. The van der Waals surface area contributed by atoms with Crippen molar-refractivity contribution in [2.45, 2.75) is 18.9 Å². The maximum atomic E-state index is 12.2. The van der Waals surface area contributed by atoms with Crippen LogP contribution in [-0.2, 0) is 6.54 Å². The van der Waals surface area contributed by atoms with E-state index in [-0.39, 0.29) is 16.8 Å². The molecular formula is C20H18Cl2N6O. The Morgan fingerprint density at radius 3 is 2.62 bits per heavy atom. The molecule has 0 saturated carbocycles. The summed E-state index contributed by atoms with van der Waals surface area (Å²) in [6.07, 6.45) is 1.06. The molecule has 0 spiro atoms. The van der Waals surface area contributed by atoms with E-state index in [0.29, 0.717) is 22.8 Å². The molecule has 148 valence electrons. The molecule has 29 heavy (non-hydrogen) atoms. The second-order valence-electron chi connectivity index (χ2n) is 7.46. The molecule has 2 aromatic heterocycles. The molecule has 2 aliphatic rings. The largest absolute Gasteiger partial charge is 0.340 e. The van der Waals surface area contributed by atoms with Gasteiger partial charge in [0.1, 0.15) is 0 Å². The summed E-state index contributed by atoms with van der Waals surface area (Å²) in [6.45, 7) is 2.23. The first-order valence-electron chi connectivity index (χ1n) is 9.44. The monoisotopic (exact) mass is 428 g/mol. The topological polar surface area (TPSA) is 75.9 Å². The quantitative estimate of drug-likeness (QED) is 0.684. The molecule has 0 aliphatic carbocycles. The molecule has 3 aromatic rings. The third-order valence-electron chi connectivity index (χ3n) is 5.46. The number of anilines is 3. The predicted molar refractivity (Wildman–Crippen MR) is 113 cm³/mol. The second-order valence-corrected chi connectivity index (χ2v) is 8.24. The molecule has 0 radical (unpaired) electrons. The van der Waals surface area contributed by atoms with Crippen LogP contribution < -0.4 is 15.8 Å². The number of nitrogens with zero attached hydrogens (tertiary/aromatic N) is 5. The van der Waals surface area contributed by atoms with Crippen LogP contribution in [-0.4, -0.2) is 32.6 Å². The Kier molecular flexibility index (Phi) is 4.64. The number of rotatable bonds is 3. The van der Waals surface area contributed by atoms with Crippen molar-refractivity contribution in [2.24, 2.45) is 5.92 Å². The Hall–Kier alpha value is -2.64. The van der Waals surface area contributed by atoms with Gasteiger partial charge in [-0.3, -0.25) is 4.79 Å². The molecule has 4 heterocycles. The zero-order valence-electron chi connectivity index (χ0n) is 15.4. The van der Waals surface area contributed by atoms with Crippen LogP contribution in [0.5, 0.6) is 0 Å². The van der Waals surface area contributed by atoms with Gasteiger partial charge in [0.15, 0.2) is 0 Å². The number of halogens is 2. The average molecular weight is 429 g/mol. The van der Waals surface area contributed by atoms with Crippen LogP contribution in [0, 0.1) is 5.92 Å². The van der Waals surface area contributed by atoms with E-state index >= 15 is 0 Å². The Morgan fingerprint density at radius 2 is 1.79 bits per heavy atom. The van der Waals surface area contributed by atoms with E-state index in [1.165, 1.54) is 0 Å². The van der Waals surface area contributed by atoms with Crippen molar-refractivity contribution in [1.29, 1.82) is 0 Å². The molecule has 1 saturated heterocycles. The van der Waals surface area contributed by atoms with Gasteiger partial charge in [0, 0.05) is 48.0 Å². The molecule has 2 atom stereocenters. The van der Waals surface area contributed by atoms with Gasteiger partial charge in [0.25, 0.3) is 5.56 Å². The van der Waals surface area contributed by atoms with E-state index in [9.17, 15) is 4.79 Å². The Morgan fingerprint density at radius 1 is 0.966 bits per heavy atom. The van der Waals surface area contributed by atoms with Gasteiger partial charge in [0.2, 0.25) is 17.2 Å². The molecule has 2 aliphatic heterocycles. The zero-order chi connectivity index (χ0) is 20.0. The van der Waals surface area contributed by atoms with Gasteiger partial charge in [-0.25, -0.2) is 0 Å². The molecular weight excluding hydrogens is 411 g/mol. The predicted octanol–water partition coefficient (Wildman–Crippen LogP) is 3.71. The van der Waals surface area contributed by atoms with Crippen molar-refractivity contribution in [2.75, 3.05) is 23.3 Å². The minimum Gasteiger partial charge on any atom is -0.340 e. The number of hydrogen-bond donors (Lipinski definition) is 1. The van der Waals surface area contributed by atoms with Gasteiger partial charge in [0.05, 0.1) is 0 Å². The van der Waals surface area contributed by atoms with Crippen molar-refractivity contribution in [3.8, 4) is 0 Å². The van der Waals surface area contributed by atoms with Crippen LogP contribution in [0.1, 0.15) is 18.0 Å². The molecule has 9 heteroatoms.